The predicted molar refractivity (Wildman–Crippen MR) is 65.3 cm³/mol. The topological polar surface area (TPSA) is 25.8 Å². The Hall–Kier alpha value is -1.48. The molecule has 0 fully saturated rings. The largest absolute Gasteiger partial charge is 0.255 e. The second-order valence-electron chi connectivity index (χ2n) is 3.01. The van der Waals surface area contributed by atoms with E-state index in [1.807, 2.05) is 24.3 Å². The highest BCUT2D eigenvalue weighted by Gasteiger charge is 2.05. The fourth-order valence-electron chi connectivity index (χ4n) is 1.33. The normalized spacial score (nSPS) is 9.93. The number of aromatic nitrogens is 2. The third-order valence-electron chi connectivity index (χ3n) is 2.01. The van der Waals surface area contributed by atoms with Crippen LogP contribution in [0.1, 0.15) is 5.56 Å². The molecular weight excluding hydrogens is 252 g/mol. The highest BCUT2D eigenvalue weighted by Crippen LogP contribution is 2.22. The third kappa shape index (κ3) is 2.13. The molecule has 2 rings (SSSR count). The molecule has 15 heavy (non-hydrogen) atoms. The zero-order chi connectivity index (χ0) is 10.7. The van der Waals surface area contributed by atoms with E-state index in [1.165, 1.54) is 0 Å². The first-order valence-electron chi connectivity index (χ1n) is 4.50. The molecule has 2 aromatic rings. The van der Waals surface area contributed by atoms with E-state index < -0.39 is 0 Å². The van der Waals surface area contributed by atoms with E-state index in [2.05, 4.69) is 32.5 Å². The van der Waals surface area contributed by atoms with E-state index in [4.69, 9.17) is 0 Å². The lowest BCUT2D eigenvalue weighted by Gasteiger charge is -2.04. The van der Waals surface area contributed by atoms with Crippen molar-refractivity contribution in [2.45, 2.75) is 0 Å². The fourth-order valence-corrected chi connectivity index (χ4v) is 1.68. The summed E-state index contributed by atoms with van der Waals surface area (Å²) >= 11 is 3.38. The van der Waals surface area contributed by atoms with E-state index in [-0.39, 0.29) is 0 Å². The van der Waals surface area contributed by atoms with E-state index in [0.29, 0.717) is 0 Å². The van der Waals surface area contributed by atoms with Crippen LogP contribution in [0.3, 0.4) is 0 Å². The minimum absolute atomic E-state index is 0.855. The smallest absolute Gasteiger partial charge is 0.0958 e. The molecule has 0 aliphatic rings. The van der Waals surface area contributed by atoms with Crippen molar-refractivity contribution in [2.75, 3.05) is 0 Å². The molecule has 0 aliphatic carbocycles. The number of hydrogen-bond acceptors (Lipinski definition) is 2. The van der Waals surface area contributed by atoms with E-state index in [1.54, 1.807) is 18.5 Å². The molecule has 0 radical (unpaired) electrons. The quantitative estimate of drug-likeness (QED) is 0.826. The van der Waals surface area contributed by atoms with E-state index in [9.17, 15) is 0 Å². The van der Waals surface area contributed by atoms with Gasteiger partial charge in [0.1, 0.15) is 0 Å². The third-order valence-corrected chi connectivity index (χ3v) is 2.44. The van der Waals surface area contributed by atoms with Crippen LogP contribution in [-0.2, 0) is 0 Å². The van der Waals surface area contributed by atoms with Crippen LogP contribution < -0.4 is 0 Å². The molecule has 0 unspecified atom stereocenters. The SMILES string of the molecule is C=Cc1cc(Br)cnc1-c1ccccn1. The van der Waals surface area contributed by atoms with Gasteiger partial charge in [0, 0.05) is 22.4 Å². The Morgan fingerprint density at radius 2 is 2.13 bits per heavy atom. The van der Waals surface area contributed by atoms with Crippen LogP contribution in [0.25, 0.3) is 17.5 Å². The highest BCUT2D eigenvalue weighted by molar-refractivity contribution is 9.10. The van der Waals surface area contributed by atoms with Crippen LogP contribution in [0.15, 0.2) is 47.7 Å². The zero-order valence-corrected chi connectivity index (χ0v) is 9.61. The maximum absolute atomic E-state index is 4.34. The molecule has 0 aliphatic heterocycles. The maximum Gasteiger partial charge on any atom is 0.0958 e. The van der Waals surface area contributed by atoms with Crippen molar-refractivity contribution in [1.82, 2.24) is 9.97 Å². The Bertz CT molecular complexity index is 480. The van der Waals surface area contributed by atoms with Crippen molar-refractivity contribution in [3.05, 3.63) is 53.3 Å². The summed E-state index contributed by atoms with van der Waals surface area (Å²) in [5.41, 5.74) is 2.69. The van der Waals surface area contributed by atoms with Crippen LogP contribution in [0, 0.1) is 0 Å². The van der Waals surface area contributed by atoms with Gasteiger partial charge in [0.05, 0.1) is 11.4 Å². The van der Waals surface area contributed by atoms with Gasteiger partial charge in [-0.1, -0.05) is 18.7 Å². The van der Waals surface area contributed by atoms with Gasteiger partial charge in [0.2, 0.25) is 0 Å². The van der Waals surface area contributed by atoms with Crippen LogP contribution in [-0.4, -0.2) is 9.97 Å². The van der Waals surface area contributed by atoms with E-state index >= 15 is 0 Å². The Morgan fingerprint density at radius 3 is 2.80 bits per heavy atom. The van der Waals surface area contributed by atoms with Gasteiger partial charge >= 0.3 is 0 Å². The average Bonchev–Trinajstić information content (AvgIpc) is 2.30. The minimum Gasteiger partial charge on any atom is -0.255 e. The van der Waals surface area contributed by atoms with Crippen LogP contribution in [0.5, 0.6) is 0 Å². The molecule has 0 saturated heterocycles. The van der Waals surface area contributed by atoms with Crippen molar-refractivity contribution < 1.29 is 0 Å². The maximum atomic E-state index is 4.34. The number of hydrogen-bond donors (Lipinski definition) is 0. The first-order chi connectivity index (χ1) is 7.31. The molecule has 0 saturated carbocycles. The van der Waals surface area contributed by atoms with Crippen LogP contribution >= 0.6 is 15.9 Å². The minimum atomic E-state index is 0.855. The standard InChI is InChI=1S/C12H9BrN2/c1-2-9-7-10(13)8-15-12(9)11-5-3-4-6-14-11/h2-8H,1H2. The van der Waals surface area contributed by atoms with Gasteiger partial charge < -0.3 is 0 Å². The van der Waals surface area contributed by atoms with Gasteiger partial charge in [-0.25, -0.2) is 0 Å². The molecular formula is C12H9BrN2. The van der Waals surface area contributed by atoms with Crippen molar-refractivity contribution in [2.24, 2.45) is 0 Å². The van der Waals surface area contributed by atoms with Crippen molar-refractivity contribution in [1.29, 1.82) is 0 Å². The molecule has 0 amide bonds. The number of pyridine rings is 2. The summed E-state index contributed by atoms with van der Waals surface area (Å²) in [6.45, 7) is 3.77. The Balaban J connectivity index is 2.58. The van der Waals surface area contributed by atoms with Crippen LogP contribution in [0.2, 0.25) is 0 Å². The second kappa shape index (κ2) is 4.36. The Morgan fingerprint density at radius 1 is 1.27 bits per heavy atom. The first-order valence-corrected chi connectivity index (χ1v) is 5.30. The lowest BCUT2D eigenvalue weighted by molar-refractivity contribution is 1.23. The lowest BCUT2D eigenvalue weighted by Crippen LogP contribution is -1.90. The fraction of sp³-hybridized carbons (Fsp3) is 0. The monoisotopic (exact) mass is 260 g/mol. The van der Waals surface area contributed by atoms with Gasteiger partial charge in [0.25, 0.3) is 0 Å². The van der Waals surface area contributed by atoms with Gasteiger partial charge in [-0.3, -0.25) is 9.97 Å². The summed E-state index contributed by atoms with van der Waals surface area (Å²) in [6, 6.07) is 7.74. The summed E-state index contributed by atoms with van der Waals surface area (Å²) in [7, 11) is 0. The Kier molecular flexibility index (Phi) is 2.92. The van der Waals surface area contributed by atoms with Gasteiger partial charge in [-0.2, -0.15) is 0 Å². The van der Waals surface area contributed by atoms with Crippen molar-refractivity contribution in [3.8, 4) is 11.4 Å². The summed E-state index contributed by atoms with van der Waals surface area (Å²) in [4.78, 5) is 8.60. The van der Waals surface area contributed by atoms with Crippen molar-refractivity contribution in [3.63, 3.8) is 0 Å². The molecule has 2 aromatic heterocycles. The highest BCUT2D eigenvalue weighted by atomic mass is 79.9. The summed E-state index contributed by atoms with van der Waals surface area (Å²) in [5.74, 6) is 0. The molecule has 2 heterocycles. The molecule has 0 aromatic carbocycles. The average molecular weight is 261 g/mol. The number of rotatable bonds is 2. The molecule has 3 heteroatoms. The Labute approximate surface area is 96.8 Å². The molecule has 0 N–H and O–H groups in total. The molecule has 0 spiro atoms. The molecule has 0 bridgehead atoms. The van der Waals surface area contributed by atoms with Gasteiger partial charge in [0.15, 0.2) is 0 Å². The molecule has 74 valence electrons. The number of halogens is 1. The summed E-state index contributed by atoms with van der Waals surface area (Å²) in [5, 5.41) is 0. The summed E-state index contributed by atoms with van der Waals surface area (Å²) in [6.07, 6.45) is 5.30. The number of nitrogens with zero attached hydrogens (tertiary/aromatic N) is 2. The van der Waals surface area contributed by atoms with Gasteiger partial charge in [-0.15, -0.1) is 0 Å². The molecule has 2 nitrogen and oxygen atoms in total. The molecule has 0 atom stereocenters. The van der Waals surface area contributed by atoms with E-state index in [0.717, 1.165) is 21.4 Å². The van der Waals surface area contributed by atoms with Crippen molar-refractivity contribution >= 4 is 22.0 Å². The first kappa shape index (κ1) is 10.1. The van der Waals surface area contributed by atoms with Crippen LogP contribution in [0.4, 0.5) is 0 Å². The summed E-state index contributed by atoms with van der Waals surface area (Å²) < 4.78 is 0.942. The predicted octanol–water partition coefficient (Wildman–Crippen LogP) is 3.55. The zero-order valence-electron chi connectivity index (χ0n) is 8.02. The second-order valence-corrected chi connectivity index (χ2v) is 3.93. The van der Waals surface area contributed by atoms with Gasteiger partial charge in [-0.05, 0) is 34.1 Å². The lowest BCUT2D eigenvalue weighted by atomic mass is 10.1.